The number of amides is 1. The van der Waals surface area contributed by atoms with E-state index in [1.54, 1.807) is 42.5 Å². The second kappa shape index (κ2) is 8.82. The van der Waals surface area contributed by atoms with Crippen molar-refractivity contribution in [1.29, 1.82) is 0 Å². The Morgan fingerprint density at radius 3 is 2.35 bits per heavy atom. The van der Waals surface area contributed by atoms with Gasteiger partial charge in [-0.1, -0.05) is 61.8 Å². The lowest BCUT2D eigenvalue weighted by Gasteiger charge is -2.19. The van der Waals surface area contributed by atoms with Gasteiger partial charge in [-0.05, 0) is 59.7 Å². The molecule has 0 radical (unpaired) electrons. The summed E-state index contributed by atoms with van der Waals surface area (Å²) < 4.78 is 27.5. The molecule has 3 aromatic carbocycles. The molecule has 1 aliphatic rings. The van der Waals surface area contributed by atoms with Crippen molar-refractivity contribution in [1.82, 2.24) is 0 Å². The number of carbonyl (C=O) groups excluding carboxylic acids is 1. The van der Waals surface area contributed by atoms with E-state index < -0.39 is 9.84 Å². The first-order valence-corrected chi connectivity index (χ1v) is 13.1. The molecule has 0 saturated carbocycles. The summed E-state index contributed by atoms with van der Waals surface area (Å²) in [5, 5.41) is 2.81. The van der Waals surface area contributed by atoms with E-state index in [4.69, 9.17) is 5.73 Å². The van der Waals surface area contributed by atoms with Gasteiger partial charge in [0.15, 0.2) is 9.84 Å². The third kappa shape index (κ3) is 4.90. The maximum atomic E-state index is 13.0. The number of thioether (sulfide) groups is 1. The van der Waals surface area contributed by atoms with Gasteiger partial charge >= 0.3 is 0 Å². The number of anilines is 2. The molecule has 4 rings (SSSR count). The van der Waals surface area contributed by atoms with Crippen LogP contribution in [0.1, 0.15) is 11.1 Å². The van der Waals surface area contributed by atoms with E-state index in [9.17, 15) is 13.2 Å². The fraction of sp³-hybridized carbons (Fsp3) is 0.0455. The molecule has 158 valence electrons. The number of sulfone groups is 1. The van der Waals surface area contributed by atoms with Crippen LogP contribution in [0, 0.1) is 0 Å². The summed E-state index contributed by atoms with van der Waals surface area (Å²) in [6.07, 6.45) is 1.78. The van der Waals surface area contributed by atoms with Gasteiger partial charge in [-0.15, -0.1) is 0 Å². The van der Waals surface area contributed by atoms with Crippen molar-refractivity contribution in [3.05, 3.63) is 85.6 Å². The number of rotatable bonds is 4. The van der Waals surface area contributed by atoms with Gasteiger partial charge in [0.25, 0.3) is 5.91 Å². The van der Waals surface area contributed by atoms with Gasteiger partial charge < -0.3 is 11.1 Å². The van der Waals surface area contributed by atoms with E-state index in [0.29, 0.717) is 30.8 Å². The second-order valence-corrected chi connectivity index (χ2v) is 11.6. The number of nitrogens with two attached hydrogens (primary N) is 1. The molecule has 1 amide bonds. The number of nitrogens with one attached hydrogen (secondary N) is 1. The lowest BCUT2D eigenvalue weighted by molar-refractivity contribution is -0.112. The Balaban J connectivity index is 1.62. The van der Waals surface area contributed by atoms with Crippen molar-refractivity contribution in [3.63, 3.8) is 0 Å². The molecule has 0 spiro atoms. The topological polar surface area (TPSA) is 89.3 Å². The van der Waals surface area contributed by atoms with Gasteiger partial charge in [0, 0.05) is 19.5 Å². The fourth-order valence-electron chi connectivity index (χ4n) is 3.02. The second-order valence-electron chi connectivity index (χ2n) is 6.85. The van der Waals surface area contributed by atoms with Crippen LogP contribution in [0.2, 0.25) is 0 Å². The van der Waals surface area contributed by atoms with Gasteiger partial charge in [0.05, 0.1) is 21.2 Å². The number of nitrogen functional groups attached to an aromatic ring is 1. The highest BCUT2D eigenvalue weighted by Gasteiger charge is 2.25. The first-order chi connectivity index (χ1) is 14.7. The van der Waals surface area contributed by atoms with E-state index in [1.807, 2.05) is 18.2 Å². The van der Waals surface area contributed by atoms with Gasteiger partial charge in [-0.25, -0.2) is 8.42 Å². The Morgan fingerprint density at radius 1 is 1.00 bits per heavy atom. The molecule has 1 aliphatic heterocycles. The van der Waals surface area contributed by atoms with Crippen LogP contribution in [0.25, 0.3) is 6.08 Å². The molecule has 9 heteroatoms. The zero-order chi connectivity index (χ0) is 22.2. The quantitative estimate of drug-likeness (QED) is 0.299. The molecular formula is C22H16Br2N2O3S2. The Hall–Kier alpha value is -2.07. The molecule has 0 unspecified atom stereocenters. The van der Waals surface area contributed by atoms with Crippen LogP contribution >= 0.6 is 43.6 Å². The average molecular weight is 580 g/mol. The molecule has 0 saturated heterocycles. The minimum absolute atomic E-state index is 0.153. The Kier molecular flexibility index (Phi) is 6.30. The molecule has 0 aromatic heterocycles. The summed E-state index contributed by atoms with van der Waals surface area (Å²) in [6, 6.07) is 17.4. The molecule has 1 heterocycles. The molecule has 0 atom stereocenters. The summed E-state index contributed by atoms with van der Waals surface area (Å²) in [5.74, 6) is -0.450. The molecular weight excluding hydrogens is 564 g/mol. The SMILES string of the molecule is Nc1ccc(/C=C2/Sc3ccc(S(=O)(=O)Cc4c(Br)cccc4Br)cc3NC2=O)cc1. The molecule has 3 N–H and O–H groups in total. The highest BCUT2D eigenvalue weighted by molar-refractivity contribution is 9.11. The first kappa shape index (κ1) is 22.1. The zero-order valence-electron chi connectivity index (χ0n) is 15.9. The largest absolute Gasteiger partial charge is 0.399 e. The van der Waals surface area contributed by atoms with E-state index in [0.717, 1.165) is 10.5 Å². The van der Waals surface area contributed by atoms with E-state index in [-0.39, 0.29) is 16.6 Å². The van der Waals surface area contributed by atoms with E-state index in [2.05, 4.69) is 37.2 Å². The number of benzene rings is 3. The molecule has 3 aromatic rings. The average Bonchev–Trinajstić information content (AvgIpc) is 2.72. The summed E-state index contributed by atoms with van der Waals surface area (Å²) in [5.41, 5.74) is 8.34. The van der Waals surface area contributed by atoms with Crippen LogP contribution in [0.4, 0.5) is 11.4 Å². The van der Waals surface area contributed by atoms with Crippen LogP contribution in [-0.2, 0) is 20.4 Å². The summed E-state index contributed by atoms with van der Waals surface area (Å²) in [4.78, 5) is 14.0. The Labute approximate surface area is 201 Å². The fourth-order valence-corrected chi connectivity index (χ4v) is 7.03. The summed E-state index contributed by atoms with van der Waals surface area (Å²) >= 11 is 8.12. The lowest BCUT2D eigenvalue weighted by Crippen LogP contribution is -2.18. The predicted octanol–water partition coefficient (Wildman–Crippen LogP) is 5.85. The normalized spacial score (nSPS) is 14.9. The van der Waals surface area contributed by atoms with Gasteiger partial charge in [0.2, 0.25) is 0 Å². The van der Waals surface area contributed by atoms with Gasteiger partial charge in [-0.2, -0.15) is 0 Å². The minimum atomic E-state index is -3.62. The van der Waals surface area contributed by atoms with E-state index in [1.165, 1.54) is 17.8 Å². The number of halogens is 2. The van der Waals surface area contributed by atoms with Crippen LogP contribution in [0.3, 0.4) is 0 Å². The summed E-state index contributed by atoms with van der Waals surface area (Å²) in [7, 11) is -3.62. The standard InChI is InChI=1S/C22H16Br2N2O3S2/c23-17-2-1-3-18(24)16(17)12-31(28,29)15-8-9-20-19(11-15)26-22(27)21(30-20)10-13-4-6-14(25)7-5-13/h1-11H,12,25H2,(H,26,27)/b21-10+. The maximum Gasteiger partial charge on any atom is 0.262 e. The highest BCUT2D eigenvalue weighted by atomic mass is 79.9. The molecule has 31 heavy (non-hydrogen) atoms. The van der Waals surface area contributed by atoms with Crippen molar-refractivity contribution >= 4 is 76.8 Å². The van der Waals surface area contributed by atoms with Gasteiger partial charge in [0.1, 0.15) is 0 Å². The third-order valence-electron chi connectivity index (χ3n) is 4.63. The predicted molar refractivity (Wildman–Crippen MR) is 132 cm³/mol. The molecule has 0 aliphatic carbocycles. The third-order valence-corrected chi connectivity index (χ3v) is 8.86. The van der Waals surface area contributed by atoms with Crippen molar-refractivity contribution in [2.45, 2.75) is 15.5 Å². The van der Waals surface area contributed by atoms with Crippen molar-refractivity contribution in [2.24, 2.45) is 0 Å². The van der Waals surface area contributed by atoms with Crippen LogP contribution in [0.15, 0.2) is 84.3 Å². The minimum Gasteiger partial charge on any atom is -0.399 e. The monoisotopic (exact) mass is 578 g/mol. The molecule has 5 nitrogen and oxygen atoms in total. The number of hydrogen-bond acceptors (Lipinski definition) is 5. The van der Waals surface area contributed by atoms with E-state index >= 15 is 0 Å². The van der Waals surface area contributed by atoms with Crippen LogP contribution in [0.5, 0.6) is 0 Å². The van der Waals surface area contributed by atoms with Gasteiger partial charge in [-0.3, -0.25) is 4.79 Å². The smallest absolute Gasteiger partial charge is 0.262 e. The first-order valence-electron chi connectivity index (χ1n) is 9.09. The van der Waals surface area contributed by atoms with Crippen molar-refractivity contribution in [2.75, 3.05) is 11.1 Å². The van der Waals surface area contributed by atoms with Crippen molar-refractivity contribution < 1.29 is 13.2 Å². The highest BCUT2D eigenvalue weighted by Crippen LogP contribution is 2.40. The Bertz CT molecular complexity index is 1300. The summed E-state index contributed by atoms with van der Waals surface area (Å²) in [6.45, 7) is 0. The zero-order valence-corrected chi connectivity index (χ0v) is 20.7. The van der Waals surface area contributed by atoms with Crippen LogP contribution < -0.4 is 11.1 Å². The number of hydrogen-bond donors (Lipinski definition) is 2. The molecule has 0 bridgehead atoms. The number of carbonyl (C=O) groups is 1. The van der Waals surface area contributed by atoms with Crippen molar-refractivity contribution in [3.8, 4) is 0 Å². The lowest BCUT2D eigenvalue weighted by atomic mass is 10.2. The maximum absolute atomic E-state index is 13.0. The molecule has 0 fully saturated rings. The Morgan fingerprint density at radius 2 is 1.68 bits per heavy atom. The number of fused-ring (bicyclic) bond motifs is 1. The van der Waals surface area contributed by atoms with Crippen LogP contribution in [-0.4, -0.2) is 14.3 Å².